The number of benzene rings is 3. The molecule has 0 saturated carbocycles. The fourth-order valence-corrected chi connectivity index (χ4v) is 4.00. The highest BCUT2D eigenvalue weighted by Gasteiger charge is 2.27. The van der Waals surface area contributed by atoms with Gasteiger partial charge in [-0.2, -0.15) is 13.2 Å². The second kappa shape index (κ2) is 10.7. The lowest BCUT2D eigenvalue weighted by molar-refractivity contribution is -0.176. The highest BCUT2D eigenvalue weighted by atomic mass is 32.2. The molecule has 0 atom stereocenters. The molecule has 0 fully saturated rings. The number of hydrogen-bond donors (Lipinski definition) is 2. The molecule has 0 saturated heterocycles. The van der Waals surface area contributed by atoms with Gasteiger partial charge in [-0.3, -0.25) is 9.52 Å². The third-order valence-corrected chi connectivity index (χ3v) is 6.14. The number of amides is 1. The summed E-state index contributed by atoms with van der Waals surface area (Å²) in [6.07, 6.45) is -4.37. The Bertz CT molecular complexity index is 1210. The fourth-order valence-electron chi connectivity index (χ4n) is 2.94. The SMILES string of the molecule is Cc1ccc(NS(=O)(=O)c2ccc(C(=O)NCc3ccc(COCC(F)(F)F)cc3)cc2)cc1. The molecule has 0 aliphatic heterocycles. The molecular formula is C24H23F3N2O4S. The van der Waals surface area contributed by atoms with Crippen LogP contribution in [0.2, 0.25) is 0 Å². The lowest BCUT2D eigenvalue weighted by Gasteiger charge is -2.10. The number of rotatable bonds is 9. The van der Waals surface area contributed by atoms with Crippen LogP contribution in [-0.2, 0) is 27.9 Å². The molecule has 2 N–H and O–H groups in total. The van der Waals surface area contributed by atoms with Gasteiger partial charge in [-0.05, 0) is 54.4 Å². The van der Waals surface area contributed by atoms with Crippen molar-refractivity contribution in [1.82, 2.24) is 5.32 Å². The van der Waals surface area contributed by atoms with Crippen molar-refractivity contribution >= 4 is 21.6 Å². The maximum atomic E-state index is 12.5. The van der Waals surface area contributed by atoms with Crippen molar-refractivity contribution in [3.05, 3.63) is 95.1 Å². The van der Waals surface area contributed by atoms with Crippen LogP contribution in [0.4, 0.5) is 18.9 Å². The van der Waals surface area contributed by atoms with Crippen LogP contribution in [0.25, 0.3) is 0 Å². The van der Waals surface area contributed by atoms with Crippen molar-refractivity contribution < 1.29 is 31.1 Å². The molecule has 0 radical (unpaired) electrons. The smallest absolute Gasteiger partial charge is 0.367 e. The van der Waals surface area contributed by atoms with Gasteiger partial charge in [0, 0.05) is 17.8 Å². The number of carbonyl (C=O) groups is 1. The number of anilines is 1. The lowest BCUT2D eigenvalue weighted by Crippen LogP contribution is -2.23. The van der Waals surface area contributed by atoms with Crippen molar-refractivity contribution in [2.45, 2.75) is 31.1 Å². The summed E-state index contributed by atoms with van der Waals surface area (Å²) in [5, 5.41) is 2.72. The molecule has 3 rings (SSSR count). The number of aryl methyl sites for hydroxylation is 1. The molecule has 0 bridgehead atoms. The Morgan fingerprint density at radius 1 is 0.882 bits per heavy atom. The topological polar surface area (TPSA) is 84.5 Å². The van der Waals surface area contributed by atoms with E-state index in [0.717, 1.165) is 11.1 Å². The van der Waals surface area contributed by atoms with Crippen LogP contribution in [0, 0.1) is 6.92 Å². The number of sulfonamides is 1. The van der Waals surface area contributed by atoms with Crippen LogP contribution in [0.15, 0.2) is 77.7 Å². The molecule has 180 valence electrons. The van der Waals surface area contributed by atoms with E-state index in [4.69, 9.17) is 0 Å². The molecule has 10 heteroatoms. The first-order valence-electron chi connectivity index (χ1n) is 10.2. The number of halogens is 3. The Hall–Kier alpha value is -3.37. The molecule has 0 spiro atoms. The van der Waals surface area contributed by atoms with Crippen LogP contribution in [0.3, 0.4) is 0 Å². The van der Waals surface area contributed by atoms with Gasteiger partial charge in [0.05, 0.1) is 11.5 Å². The van der Waals surface area contributed by atoms with Gasteiger partial charge in [0.2, 0.25) is 0 Å². The Morgan fingerprint density at radius 3 is 2.06 bits per heavy atom. The van der Waals surface area contributed by atoms with E-state index in [1.165, 1.54) is 24.3 Å². The summed E-state index contributed by atoms with van der Waals surface area (Å²) in [5.74, 6) is -0.395. The zero-order valence-corrected chi connectivity index (χ0v) is 19.0. The van der Waals surface area contributed by atoms with E-state index < -0.39 is 28.7 Å². The largest absolute Gasteiger partial charge is 0.411 e. The van der Waals surface area contributed by atoms with E-state index in [1.807, 2.05) is 6.92 Å². The molecule has 0 aliphatic carbocycles. The zero-order chi connectivity index (χ0) is 24.8. The van der Waals surface area contributed by atoms with Gasteiger partial charge in [-0.25, -0.2) is 8.42 Å². The van der Waals surface area contributed by atoms with Crippen molar-refractivity contribution in [2.75, 3.05) is 11.3 Å². The summed E-state index contributed by atoms with van der Waals surface area (Å²) in [5.41, 5.74) is 3.05. The van der Waals surface area contributed by atoms with Crippen molar-refractivity contribution in [2.24, 2.45) is 0 Å². The Kier molecular flexibility index (Phi) is 7.95. The minimum absolute atomic E-state index is 0.0213. The minimum Gasteiger partial charge on any atom is -0.367 e. The predicted octanol–water partition coefficient (Wildman–Crippen LogP) is 4.80. The molecule has 6 nitrogen and oxygen atoms in total. The van der Waals surface area contributed by atoms with Gasteiger partial charge in [-0.1, -0.05) is 42.0 Å². The van der Waals surface area contributed by atoms with E-state index in [-0.39, 0.29) is 23.6 Å². The van der Waals surface area contributed by atoms with E-state index >= 15 is 0 Å². The monoisotopic (exact) mass is 492 g/mol. The van der Waals surface area contributed by atoms with E-state index in [9.17, 15) is 26.4 Å². The first kappa shape index (κ1) is 25.3. The molecular weight excluding hydrogens is 469 g/mol. The first-order valence-corrected chi connectivity index (χ1v) is 11.7. The maximum Gasteiger partial charge on any atom is 0.411 e. The average Bonchev–Trinajstić information content (AvgIpc) is 2.79. The summed E-state index contributed by atoms with van der Waals surface area (Å²) >= 11 is 0. The normalized spacial score (nSPS) is 11.8. The Labute approximate surface area is 195 Å². The van der Waals surface area contributed by atoms with Gasteiger partial charge < -0.3 is 10.1 Å². The molecule has 0 aliphatic rings. The maximum absolute atomic E-state index is 12.5. The number of alkyl halides is 3. The number of ether oxygens (including phenoxy) is 1. The van der Waals surface area contributed by atoms with Gasteiger partial charge in [-0.15, -0.1) is 0 Å². The van der Waals surface area contributed by atoms with E-state index in [2.05, 4.69) is 14.8 Å². The molecule has 0 unspecified atom stereocenters. The zero-order valence-electron chi connectivity index (χ0n) is 18.2. The van der Waals surface area contributed by atoms with Crippen LogP contribution in [0.1, 0.15) is 27.0 Å². The van der Waals surface area contributed by atoms with Gasteiger partial charge in [0.15, 0.2) is 0 Å². The quantitative estimate of drug-likeness (QED) is 0.449. The van der Waals surface area contributed by atoms with Crippen molar-refractivity contribution in [1.29, 1.82) is 0 Å². The number of hydrogen-bond acceptors (Lipinski definition) is 4. The predicted molar refractivity (Wildman–Crippen MR) is 122 cm³/mol. The van der Waals surface area contributed by atoms with Crippen LogP contribution in [0.5, 0.6) is 0 Å². The molecule has 0 aromatic heterocycles. The second-order valence-electron chi connectivity index (χ2n) is 7.60. The molecule has 34 heavy (non-hydrogen) atoms. The Morgan fingerprint density at radius 2 is 1.47 bits per heavy atom. The molecule has 0 heterocycles. The highest BCUT2D eigenvalue weighted by Crippen LogP contribution is 2.18. The molecule has 3 aromatic rings. The molecule has 1 amide bonds. The number of nitrogens with one attached hydrogen (secondary N) is 2. The fraction of sp³-hybridized carbons (Fsp3) is 0.208. The van der Waals surface area contributed by atoms with Gasteiger partial charge in [0.1, 0.15) is 6.61 Å². The first-order chi connectivity index (χ1) is 16.0. The summed E-state index contributed by atoms with van der Waals surface area (Å²) in [6.45, 7) is 0.611. The average molecular weight is 493 g/mol. The third kappa shape index (κ3) is 7.60. The van der Waals surface area contributed by atoms with Crippen molar-refractivity contribution in [3.63, 3.8) is 0 Å². The highest BCUT2D eigenvalue weighted by molar-refractivity contribution is 7.92. The van der Waals surface area contributed by atoms with E-state index in [0.29, 0.717) is 11.3 Å². The van der Waals surface area contributed by atoms with Crippen LogP contribution in [-0.4, -0.2) is 27.1 Å². The van der Waals surface area contributed by atoms with Crippen LogP contribution >= 0.6 is 0 Å². The summed E-state index contributed by atoms with van der Waals surface area (Å²) in [6, 6.07) is 19.0. The second-order valence-corrected chi connectivity index (χ2v) is 9.29. The summed E-state index contributed by atoms with van der Waals surface area (Å²) < 4.78 is 68.6. The summed E-state index contributed by atoms with van der Waals surface area (Å²) in [4.78, 5) is 12.4. The third-order valence-electron chi connectivity index (χ3n) is 4.74. The van der Waals surface area contributed by atoms with Crippen molar-refractivity contribution in [3.8, 4) is 0 Å². The Balaban J connectivity index is 1.53. The minimum atomic E-state index is -4.37. The molecule has 3 aromatic carbocycles. The van der Waals surface area contributed by atoms with Gasteiger partial charge >= 0.3 is 6.18 Å². The summed E-state index contributed by atoms with van der Waals surface area (Å²) in [7, 11) is -3.80. The number of carbonyl (C=O) groups excluding carboxylic acids is 1. The standard InChI is InChI=1S/C24H23F3N2O4S/c1-17-2-10-21(11-3-17)29-34(31,32)22-12-8-20(9-13-22)23(30)28-14-18-4-6-19(7-5-18)15-33-16-24(25,26)27/h2-13,29H,14-16H2,1H3,(H,28,30). The lowest BCUT2D eigenvalue weighted by atomic mass is 10.1. The van der Waals surface area contributed by atoms with Gasteiger partial charge in [0.25, 0.3) is 15.9 Å². The van der Waals surface area contributed by atoms with Crippen LogP contribution < -0.4 is 10.0 Å². The van der Waals surface area contributed by atoms with E-state index in [1.54, 1.807) is 48.5 Å².